The first-order valence-electron chi connectivity index (χ1n) is 11.0. The molecule has 2 aliphatic heterocycles. The average molecular weight is 456 g/mol. The number of amides is 1. The van der Waals surface area contributed by atoms with E-state index in [0.29, 0.717) is 31.8 Å². The summed E-state index contributed by atoms with van der Waals surface area (Å²) in [6.45, 7) is 2.23. The van der Waals surface area contributed by atoms with Crippen molar-refractivity contribution in [3.05, 3.63) is 53.8 Å². The Morgan fingerprint density at radius 1 is 1.24 bits per heavy atom. The van der Waals surface area contributed by atoms with E-state index in [1.165, 1.54) is 12.1 Å². The molecule has 2 unspecified atom stereocenters. The molecule has 8 nitrogen and oxygen atoms in total. The van der Waals surface area contributed by atoms with Crippen molar-refractivity contribution in [2.24, 2.45) is 5.92 Å². The fraction of sp³-hybridized carbons (Fsp3) is 0.458. The van der Waals surface area contributed by atoms with Gasteiger partial charge in [0.25, 0.3) is 5.91 Å². The van der Waals surface area contributed by atoms with Gasteiger partial charge in [0.1, 0.15) is 36.2 Å². The van der Waals surface area contributed by atoms with Gasteiger partial charge in [-0.3, -0.25) is 9.59 Å². The smallest absolute Gasteiger partial charge is 0.260 e. The lowest BCUT2D eigenvalue weighted by Crippen LogP contribution is -2.54. The van der Waals surface area contributed by atoms with E-state index in [1.807, 2.05) is 6.07 Å². The summed E-state index contributed by atoms with van der Waals surface area (Å²) in [5.41, 5.74) is -0.0370. The number of rotatable bonds is 7. The van der Waals surface area contributed by atoms with Gasteiger partial charge in [-0.1, -0.05) is 18.2 Å². The fourth-order valence-corrected chi connectivity index (χ4v) is 4.52. The topological polar surface area (TPSA) is 87.2 Å². The van der Waals surface area contributed by atoms with Crippen LogP contribution in [0.15, 0.2) is 42.5 Å². The van der Waals surface area contributed by atoms with Gasteiger partial charge < -0.3 is 23.8 Å². The largest absolute Gasteiger partial charge is 0.473 e. The molecule has 0 N–H and O–H groups in total. The zero-order valence-corrected chi connectivity index (χ0v) is 18.2. The van der Waals surface area contributed by atoms with Crippen molar-refractivity contribution in [2.45, 2.75) is 37.6 Å². The van der Waals surface area contributed by atoms with Crippen LogP contribution in [0.4, 0.5) is 4.39 Å². The highest BCUT2D eigenvalue weighted by Crippen LogP contribution is 2.42. The molecule has 2 aromatic rings. The number of piperidine rings is 1. The minimum absolute atomic E-state index is 0.0710. The summed E-state index contributed by atoms with van der Waals surface area (Å²) in [4.78, 5) is 30.1. The number of fused-ring (bicyclic) bond motifs is 1. The van der Waals surface area contributed by atoms with Crippen LogP contribution in [0, 0.1) is 11.7 Å². The van der Waals surface area contributed by atoms with Crippen molar-refractivity contribution in [3.63, 3.8) is 0 Å². The Balaban J connectivity index is 1.17. The number of hydrogen-bond donors (Lipinski definition) is 0. The molecule has 1 aliphatic carbocycles. The number of ketones is 1. The first-order chi connectivity index (χ1) is 15.9. The minimum Gasteiger partial charge on any atom is -0.473 e. The summed E-state index contributed by atoms with van der Waals surface area (Å²) >= 11 is 0. The lowest BCUT2D eigenvalue weighted by molar-refractivity contribution is -0.140. The highest BCUT2D eigenvalue weighted by Gasteiger charge is 2.51. The Bertz CT molecular complexity index is 1060. The summed E-state index contributed by atoms with van der Waals surface area (Å²) in [6, 6.07) is 11.4. The molecule has 4 atom stereocenters. The van der Waals surface area contributed by atoms with Crippen LogP contribution >= 0.6 is 0 Å². The average Bonchev–Trinajstić information content (AvgIpc) is 3.44. The van der Waals surface area contributed by atoms with Gasteiger partial charge in [-0.2, -0.15) is 4.98 Å². The van der Waals surface area contributed by atoms with E-state index in [9.17, 15) is 14.0 Å². The number of carbonyl (C=O) groups excluding carboxylic acids is 2. The fourth-order valence-electron chi connectivity index (χ4n) is 4.52. The lowest BCUT2D eigenvalue weighted by atomic mass is 9.82. The third-order valence-corrected chi connectivity index (χ3v) is 6.48. The van der Waals surface area contributed by atoms with Crippen LogP contribution in [-0.2, 0) is 24.7 Å². The molecule has 1 aromatic carbocycles. The number of pyridine rings is 1. The first kappa shape index (κ1) is 21.8. The van der Waals surface area contributed by atoms with Crippen molar-refractivity contribution in [2.75, 3.05) is 26.5 Å². The highest BCUT2D eigenvalue weighted by atomic mass is 19.1. The molecule has 2 saturated heterocycles. The normalized spacial score (nSPS) is 28.2. The lowest BCUT2D eigenvalue weighted by Gasteiger charge is -2.41. The number of aromatic nitrogens is 1. The Hall–Kier alpha value is -3.04. The van der Waals surface area contributed by atoms with Gasteiger partial charge >= 0.3 is 0 Å². The van der Waals surface area contributed by atoms with E-state index >= 15 is 0 Å². The predicted octanol–water partition coefficient (Wildman–Crippen LogP) is 2.46. The highest BCUT2D eigenvalue weighted by molar-refractivity contribution is 5.81. The first-order valence-corrected chi connectivity index (χ1v) is 11.0. The molecule has 33 heavy (non-hydrogen) atoms. The molecule has 0 radical (unpaired) electrons. The Morgan fingerprint density at radius 3 is 2.85 bits per heavy atom. The van der Waals surface area contributed by atoms with E-state index in [4.69, 9.17) is 18.9 Å². The van der Waals surface area contributed by atoms with E-state index in [1.54, 1.807) is 36.1 Å². The number of carbonyl (C=O) groups is 2. The SMILES string of the molecule is CC(=O)C1CC1Oc1cccc(OCC(=O)N2CC[C@]3(c4cccc(F)c4)OCO[C@@H]3C2)n1. The van der Waals surface area contributed by atoms with Crippen LogP contribution in [0.5, 0.6) is 11.8 Å². The van der Waals surface area contributed by atoms with E-state index in [-0.39, 0.29) is 54.9 Å². The van der Waals surface area contributed by atoms with E-state index in [2.05, 4.69) is 4.98 Å². The number of likely N-dealkylation sites (tertiary alicyclic amines) is 1. The standard InChI is InChI=1S/C24H25FN2O6/c1-15(28)18-11-19(18)33-22-7-3-6-21(26-22)30-13-23(29)27-9-8-24(20(12-27)31-14-32-24)16-4-2-5-17(25)10-16/h2-7,10,18-20H,8-9,11-14H2,1H3/t18?,19?,20-,24-/m1/s1. The van der Waals surface area contributed by atoms with E-state index in [0.717, 1.165) is 5.56 Å². The van der Waals surface area contributed by atoms with Crippen LogP contribution in [0.2, 0.25) is 0 Å². The number of halogens is 1. The van der Waals surface area contributed by atoms with Crippen molar-refractivity contribution in [3.8, 4) is 11.8 Å². The van der Waals surface area contributed by atoms with Gasteiger partial charge in [0.05, 0.1) is 12.5 Å². The zero-order chi connectivity index (χ0) is 23.0. The van der Waals surface area contributed by atoms with E-state index < -0.39 is 5.60 Å². The van der Waals surface area contributed by atoms with Crippen LogP contribution in [0.3, 0.4) is 0 Å². The summed E-state index contributed by atoms with van der Waals surface area (Å²) < 4.78 is 36.8. The Kier molecular flexibility index (Phi) is 5.76. The second-order valence-electron chi connectivity index (χ2n) is 8.62. The maximum Gasteiger partial charge on any atom is 0.260 e. The molecule has 0 bridgehead atoms. The molecule has 174 valence electrons. The van der Waals surface area contributed by atoms with Gasteiger partial charge in [-0.05, 0) is 31.0 Å². The zero-order valence-electron chi connectivity index (χ0n) is 18.2. The monoisotopic (exact) mass is 456 g/mol. The molecule has 1 aromatic heterocycles. The quantitative estimate of drug-likeness (QED) is 0.633. The van der Waals surface area contributed by atoms with Gasteiger partial charge in [-0.25, -0.2) is 4.39 Å². The van der Waals surface area contributed by atoms with Gasteiger partial charge in [0, 0.05) is 25.1 Å². The second-order valence-corrected chi connectivity index (χ2v) is 8.62. The maximum absolute atomic E-state index is 13.8. The summed E-state index contributed by atoms with van der Waals surface area (Å²) in [7, 11) is 0. The minimum atomic E-state index is -0.756. The van der Waals surface area contributed by atoms with Crippen LogP contribution < -0.4 is 9.47 Å². The Morgan fingerprint density at radius 2 is 2.06 bits per heavy atom. The summed E-state index contributed by atoms with van der Waals surface area (Å²) in [5, 5.41) is 0. The summed E-state index contributed by atoms with van der Waals surface area (Å²) in [6.07, 6.45) is 0.652. The molecule has 3 heterocycles. The number of ether oxygens (including phenoxy) is 4. The maximum atomic E-state index is 13.8. The van der Waals surface area contributed by atoms with Crippen molar-refractivity contribution in [1.82, 2.24) is 9.88 Å². The van der Waals surface area contributed by atoms with Crippen molar-refractivity contribution in [1.29, 1.82) is 0 Å². The molecule has 0 spiro atoms. The van der Waals surface area contributed by atoms with Crippen LogP contribution in [0.1, 0.15) is 25.3 Å². The molecule has 3 aliphatic rings. The molecule has 1 saturated carbocycles. The third-order valence-electron chi connectivity index (χ3n) is 6.48. The van der Waals surface area contributed by atoms with Gasteiger partial charge in [0.2, 0.25) is 11.8 Å². The molecular formula is C24H25FN2O6. The molecule has 3 fully saturated rings. The molecule has 1 amide bonds. The molecule has 9 heteroatoms. The van der Waals surface area contributed by atoms with Gasteiger partial charge in [-0.15, -0.1) is 0 Å². The number of benzene rings is 1. The third kappa shape index (κ3) is 4.43. The number of hydrogen-bond acceptors (Lipinski definition) is 7. The number of Topliss-reactive ketones (excluding diaryl/α,β-unsaturated/α-hetero) is 1. The van der Waals surface area contributed by atoms with Crippen LogP contribution in [0.25, 0.3) is 0 Å². The van der Waals surface area contributed by atoms with Crippen molar-refractivity contribution >= 4 is 11.7 Å². The Labute approximate surface area is 190 Å². The molecular weight excluding hydrogens is 431 g/mol. The van der Waals surface area contributed by atoms with Gasteiger partial charge in [0.15, 0.2) is 6.61 Å². The predicted molar refractivity (Wildman–Crippen MR) is 113 cm³/mol. The summed E-state index contributed by atoms with van der Waals surface area (Å²) in [5.74, 6) is 0.136. The van der Waals surface area contributed by atoms with Crippen LogP contribution in [-0.4, -0.2) is 60.3 Å². The molecule has 5 rings (SSSR count). The second kappa shape index (κ2) is 8.72. The van der Waals surface area contributed by atoms with Crippen molar-refractivity contribution < 1.29 is 32.9 Å². The number of nitrogens with zero attached hydrogens (tertiary/aromatic N) is 2.